The van der Waals surface area contributed by atoms with Crippen molar-refractivity contribution < 1.29 is 4.79 Å². The van der Waals surface area contributed by atoms with Gasteiger partial charge in [-0.05, 0) is 55.7 Å². The molecular formula is C21H30ClNO. The number of carbonyl (C=O) groups excluding carboxylic acids is 1. The van der Waals surface area contributed by atoms with Crippen LogP contribution in [-0.2, 0) is 11.2 Å². The van der Waals surface area contributed by atoms with Gasteiger partial charge in [0.1, 0.15) is 6.29 Å². The smallest absolute Gasteiger partial charge is 0.123 e. The minimum absolute atomic E-state index is 0.140. The van der Waals surface area contributed by atoms with Gasteiger partial charge >= 0.3 is 0 Å². The number of halogens is 1. The first-order chi connectivity index (χ1) is 11.5. The highest BCUT2D eigenvalue weighted by Gasteiger charge is 2.12. The number of hydrogen-bond acceptors (Lipinski definition) is 2. The van der Waals surface area contributed by atoms with Crippen molar-refractivity contribution in [3.63, 3.8) is 0 Å². The lowest BCUT2D eigenvalue weighted by Crippen LogP contribution is -2.18. The minimum Gasteiger partial charge on any atom is -0.385 e. The maximum atomic E-state index is 10.6. The van der Waals surface area contributed by atoms with E-state index in [1.807, 2.05) is 49.5 Å². The van der Waals surface area contributed by atoms with Crippen LogP contribution in [-0.4, -0.2) is 12.3 Å². The molecule has 1 aromatic carbocycles. The Balaban J connectivity index is 0.000000215. The largest absolute Gasteiger partial charge is 0.385 e. The molecule has 0 bridgehead atoms. The van der Waals surface area contributed by atoms with Gasteiger partial charge in [0, 0.05) is 17.0 Å². The Labute approximate surface area is 152 Å². The van der Waals surface area contributed by atoms with Gasteiger partial charge in [-0.25, -0.2) is 0 Å². The Bertz CT molecular complexity index is 517. The fourth-order valence-corrected chi connectivity index (χ4v) is 2.05. The topological polar surface area (TPSA) is 29.1 Å². The highest BCUT2D eigenvalue weighted by Crippen LogP contribution is 2.26. The summed E-state index contributed by atoms with van der Waals surface area (Å²) in [5.41, 5.74) is 1.17. The molecule has 24 heavy (non-hydrogen) atoms. The monoisotopic (exact) mass is 347 g/mol. The lowest BCUT2D eigenvalue weighted by molar-refractivity contribution is -0.111. The first-order valence-electron chi connectivity index (χ1n) is 8.84. The molecule has 2 nitrogen and oxygen atoms in total. The van der Waals surface area contributed by atoms with Crippen molar-refractivity contribution in [2.24, 2.45) is 11.8 Å². The summed E-state index contributed by atoms with van der Waals surface area (Å²) < 4.78 is 0. The molecule has 1 N–H and O–H groups in total. The number of benzene rings is 1. The number of carbonyl (C=O) groups is 1. The summed E-state index contributed by atoms with van der Waals surface area (Å²) in [4.78, 5) is 10.6. The third-order valence-electron chi connectivity index (χ3n) is 3.96. The van der Waals surface area contributed by atoms with Gasteiger partial charge in [0.05, 0.1) is 0 Å². The molecule has 0 saturated heterocycles. The molecule has 1 aliphatic heterocycles. The van der Waals surface area contributed by atoms with E-state index in [2.05, 4.69) is 25.2 Å². The molecule has 1 fully saturated rings. The van der Waals surface area contributed by atoms with Crippen LogP contribution in [0.2, 0.25) is 5.02 Å². The third-order valence-corrected chi connectivity index (χ3v) is 4.21. The summed E-state index contributed by atoms with van der Waals surface area (Å²) in [6, 6.07) is 8.16. The van der Waals surface area contributed by atoms with Crippen molar-refractivity contribution in [3.05, 3.63) is 59.3 Å². The minimum atomic E-state index is 0.140. The zero-order valence-corrected chi connectivity index (χ0v) is 15.8. The van der Waals surface area contributed by atoms with Crippen LogP contribution >= 0.6 is 11.6 Å². The second-order valence-electron chi connectivity index (χ2n) is 6.52. The summed E-state index contributed by atoms with van der Waals surface area (Å²) in [6.45, 7) is 6.41. The van der Waals surface area contributed by atoms with Crippen LogP contribution < -0.4 is 5.32 Å². The van der Waals surface area contributed by atoms with Crippen molar-refractivity contribution in [1.29, 1.82) is 0 Å². The molecule has 2 unspecified atom stereocenters. The highest BCUT2D eigenvalue weighted by molar-refractivity contribution is 6.30. The van der Waals surface area contributed by atoms with Crippen LogP contribution in [0.3, 0.4) is 0 Å². The van der Waals surface area contributed by atoms with Crippen molar-refractivity contribution in [1.82, 2.24) is 5.32 Å². The first-order valence-corrected chi connectivity index (χ1v) is 9.22. The summed E-state index contributed by atoms with van der Waals surface area (Å²) in [5.74, 6) is 1.22. The standard InChI is InChI=1S/C11H13ClO.C6H9N.C4H8/c1-2-9(8-13)7-10-3-5-11(12)6-4-10;1-6-4-2-3-5-7-6;1-4-2-3-4/h3-6,8-9H,2,7H2,1H3;2-7H,1H3;4H,2-3H2,1H3. The zero-order chi connectivity index (χ0) is 17.8. The highest BCUT2D eigenvalue weighted by atomic mass is 35.5. The quantitative estimate of drug-likeness (QED) is 0.721. The van der Waals surface area contributed by atoms with Crippen LogP contribution in [0.15, 0.2) is 48.7 Å². The maximum absolute atomic E-state index is 10.6. The lowest BCUT2D eigenvalue weighted by atomic mass is 9.99. The van der Waals surface area contributed by atoms with Crippen molar-refractivity contribution in [2.45, 2.75) is 52.5 Å². The van der Waals surface area contributed by atoms with Crippen molar-refractivity contribution in [2.75, 3.05) is 0 Å². The molecule has 0 amide bonds. The molecule has 0 radical (unpaired) electrons. The normalized spacial score (nSPS) is 19.1. The fraction of sp³-hybridized carbons (Fsp3) is 0.476. The summed E-state index contributed by atoms with van der Waals surface area (Å²) in [5, 5.41) is 3.85. The van der Waals surface area contributed by atoms with Gasteiger partial charge < -0.3 is 10.1 Å². The third kappa shape index (κ3) is 10.3. The molecule has 132 valence electrons. The van der Waals surface area contributed by atoms with E-state index in [4.69, 9.17) is 11.6 Å². The van der Waals surface area contributed by atoms with E-state index in [1.165, 1.54) is 18.4 Å². The second kappa shape index (κ2) is 11.9. The number of rotatable bonds is 4. The van der Waals surface area contributed by atoms with Gasteiger partial charge in [-0.1, -0.05) is 62.6 Å². The van der Waals surface area contributed by atoms with E-state index >= 15 is 0 Å². The summed E-state index contributed by atoms with van der Waals surface area (Å²) in [6.07, 6.45) is 13.8. The first kappa shape index (κ1) is 20.5. The SMILES string of the molecule is CC1C=CC=CN1.CC1CC1.CCC(C=O)Cc1ccc(Cl)cc1. The fourth-order valence-electron chi connectivity index (χ4n) is 1.93. The molecule has 3 heteroatoms. The average Bonchev–Trinajstić information content (AvgIpc) is 3.38. The van der Waals surface area contributed by atoms with Gasteiger partial charge in [0.15, 0.2) is 0 Å². The molecular weight excluding hydrogens is 318 g/mol. The second-order valence-corrected chi connectivity index (χ2v) is 6.95. The molecule has 0 spiro atoms. The summed E-state index contributed by atoms with van der Waals surface area (Å²) >= 11 is 5.75. The molecule has 0 aromatic heterocycles. The average molecular weight is 348 g/mol. The van der Waals surface area contributed by atoms with Gasteiger partial charge in [0.2, 0.25) is 0 Å². The summed E-state index contributed by atoms with van der Waals surface area (Å²) in [7, 11) is 0. The van der Waals surface area contributed by atoms with Gasteiger partial charge in [-0.3, -0.25) is 0 Å². The molecule has 2 atom stereocenters. The van der Waals surface area contributed by atoms with Gasteiger partial charge in [0.25, 0.3) is 0 Å². The molecule has 1 aromatic rings. The van der Waals surface area contributed by atoms with Gasteiger partial charge in [-0.2, -0.15) is 0 Å². The number of dihydropyridines is 1. The van der Waals surface area contributed by atoms with Crippen molar-refractivity contribution >= 4 is 17.9 Å². The number of nitrogens with one attached hydrogen (secondary N) is 1. The number of hydrogen-bond donors (Lipinski definition) is 1. The van der Waals surface area contributed by atoms with Crippen LogP contribution in [0.25, 0.3) is 0 Å². The van der Waals surface area contributed by atoms with Crippen LogP contribution in [0.1, 0.15) is 45.6 Å². The van der Waals surface area contributed by atoms with E-state index in [1.54, 1.807) is 0 Å². The van der Waals surface area contributed by atoms with E-state index in [0.29, 0.717) is 6.04 Å². The van der Waals surface area contributed by atoms with E-state index in [-0.39, 0.29) is 5.92 Å². The van der Waals surface area contributed by atoms with E-state index in [0.717, 1.165) is 30.1 Å². The van der Waals surface area contributed by atoms with E-state index < -0.39 is 0 Å². The van der Waals surface area contributed by atoms with Gasteiger partial charge in [-0.15, -0.1) is 0 Å². The van der Waals surface area contributed by atoms with E-state index in [9.17, 15) is 4.79 Å². The van der Waals surface area contributed by atoms with Crippen LogP contribution in [0.4, 0.5) is 0 Å². The van der Waals surface area contributed by atoms with Crippen LogP contribution in [0, 0.1) is 11.8 Å². The maximum Gasteiger partial charge on any atom is 0.123 e. The Morgan fingerprint density at radius 3 is 2.17 bits per heavy atom. The lowest BCUT2D eigenvalue weighted by Gasteiger charge is -2.07. The molecule has 1 heterocycles. The Hall–Kier alpha value is -1.54. The van der Waals surface area contributed by atoms with Crippen LogP contribution in [0.5, 0.6) is 0 Å². The Kier molecular flexibility index (Phi) is 10.2. The zero-order valence-electron chi connectivity index (χ0n) is 15.0. The molecule has 1 aliphatic carbocycles. The number of allylic oxidation sites excluding steroid dienone is 2. The molecule has 1 saturated carbocycles. The molecule has 2 aliphatic rings. The predicted molar refractivity (Wildman–Crippen MR) is 104 cm³/mol. The number of aldehydes is 1. The predicted octanol–water partition coefficient (Wildman–Crippen LogP) is 5.57. The molecule has 3 rings (SSSR count). The Morgan fingerprint density at radius 2 is 1.83 bits per heavy atom. The van der Waals surface area contributed by atoms with Crippen molar-refractivity contribution in [3.8, 4) is 0 Å². The Morgan fingerprint density at radius 1 is 1.21 bits per heavy atom.